The van der Waals surface area contributed by atoms with Crippen LogP contribution in [-0.2, 0) is 0 Å². The third-order valence-electron chi connectivity index (χ3n) is 4.32. The van der Waals surface area contributed by atoms with Crippen LogP contribution >= 0.6 is 0 Å². The molecule has 0 bridgehead atoms. The molecule has 1 aliphatic heterocycles. The van der Waals surface area contributed by atoms with Crippen LogP contribution in [0.2, 0.25) is 0 Å². The molecule has 0 radical (unpaired) electrons. The maximum Gasteiger partial charge on any atom is 0.151 e. The van der Waals surface area contributed by atoms with Gasteiger partial charge in [-0.25, -0.2) is 4.39 Å². The summed E-state index contributed by atoms with van der Waals surface area (Å²) >= 11 is 0. The largest absolute Gasteiger partial charge is 0.392 e. The van der Waals surface area contributed by atoms with Gasteiger partial charge in [-0.3, -0.25) is 4.90 Å². The number of aliphatic hydroxyl groups is 1. The van der Waals surface area contributed by atoms with Crippen molar-refractivity contribution in [3.63, 3.8) is 0 Å². The summed E-state index contributed by atoms with van der Waals surface area (Å²) in [5, 5.41) is 18.2. The van der Waals surface area contributed by atoms with E-state index in [0.29, 0.717) is 12.6 Å². The van der Waals surface area contributed by atoms with Crippen molar-refractivity contribution in [2.45, 2.75) is 26.0 Å². The molecule has 1 aromatic heterocycles. The molecule has 1 aromatic carbocycles. The number of piperazine rings is 1. The van der Waals surface area contributed by atoms with Crippen molar-refractivity contribution in [2.75, 3.05) is 31.1 Å². The van der Waals surface area contributed by atoms with Crippen LogP contribution in [-0.4, -0.2) is 58.5 Å². The first-order chi connectivity index (χ1) is 11.5. The third kappa shape index (κ3) is 3.88. The molecule has 0 aliphatic carbocycles. The number of aromatic nitrogens is 2. The van der Waals surface area contributed by atoms with E-state index in [-0.39, 0.29) is 11.9 Å². The molecule has 0 saturated carbocycles. The predicted octanol–water partition coefficient (Wildman–Crippen LogP) is 2.17. The van der Waals surface area contributed by atoms with Crippen LogP contribution in [0.15, 0.2) is 36.4 Å². The molecule has 5 nitrogen and oxygen atoms in total. The molecule has 24 heavy (non-hydrogen) atoms. The second kappa shape index (κ2) is 7.23. The fourth-order valence-corrected chi connectivity index (χ4v) is 3.17. The predicted molar refractivity (Wildman–Crippen MR) is 92.4 cm³/mol. The Balaban J connectivity index is 1.68. The Morgan fingerprint density at radius 2 is 1.92 bits per heavy atom. The van der Waals surface area contributed by atoms with Crippen LogP contribution in [0.4, 0.5) is 10.2 Å². The van der Waals surface area contributed by atoms with Gasteiger partial charge < -0.3 is 10.0 Å². The van der Waals surface area contributed by atoms with E-state index in [1.165, 1.54) is 12.1 Å². The highest BCUT2D eigenvalue weighted by Gasteiger charge is 2.25. The van der Waals surface area contributed by atoms with Gasteiger partial charge in [-0.15, -0.1) is 10.2 Å². The standard InChI is InChI=1S/C18H23FN4O/c1-13-11-22(12-14(2)24)9-10-23(13)18-8-7-17(20-21-18)15-3-5-16(19)6-4-15/h3-8,13-14,24H,9-12H2,1-2H3. The van der Waals surface area contributed by atoms with Crippen LogP contribution in [0.5, 0.6) is 0 Å². The minimum Gasteiger partial charge on any atom is -0.392 e. The lowest BCUT2D eigenvalue weighted by Crippen LogP contribution is -2.53. The van der Waals surface area contributed by atoms with E-state index < -0.39 is 0 Å². The van der Waals surface area contributed by atoms with Gasteiger partial charge in [0.15, 0.2) is 5.82 Å². The number of nitrogens with zero attached hydrogens (tertiary/aromatic N) is 4. The second-order valence-electron chi connectivity index (χ2n) is 6.43. The summed E-state index contributed by atoms with van der Waals surface area (Å²) in [6, 6.07) is 10.5. The molecule has 1 N–H and O–H groups in total. The number of hydrogen-bond acceptors (Lipinski definition) is 5. The number of aliphatic hydroxyl groups excluding tert-OH is 1. The number of anilines is 1. The van der Waals surface area contributed by atoms with E-state index in [4.69, 9.17) is 0 Å². The van der Waals surface area contributed by atoms with E-state index >= 15 is 0 Å². The van der Waals surface area contributed by atoms with E-state index in [9.17, 15) is 9.50 Å². The van der Waals surface area contributed by atoms with E-state index in [1.54, 1.807) is 12.1 Å². The molecule has 3 rings (SSSR count). The normalized spacial score (nSPS) is 20.2. The van der Waals surface area contributed by atoms with Crippen LogP contribution in [0.25, 0.3) is 11.3 Å². The molecule has 2 heterocycles. The van der Waals surface area contributed by atoms with Crippen molar-refractivity contribution in [3.05, 3.63) is 42.2 Å². The zero-order valence-electron chi connectivity index (χ0n) is 14.1. The molecule has 0 amide bonds. The topological polar surface area (TPSA) is 52.5 Å². The quantitative estimate of drug-likeness (QED) is 0.931. The second-order valence-corrected chi connectivity index (χ2v) is 6.43. The van der Waals surface area contributed by atoms with Gasteiger partial charge in [0.2, 0.25) is 0 Å². The van der Waals surface area contributed by atoms with Gasteiger partial charge >= 0.3 is 0 Å². The fraction of sp³-hybridized carbons (Fsp3) is 0.444. The summed E-state index contributed by atoms with van der Waals surface area (Å²) in [7, 11) is 0. The lowest BCUT2D eigenvalue weighted by atomic mass is 10.1. The van der Waals surface area contributed by atoms with Gasteiger partial charge in [0.05, 0.1) is 11.8 Å². The van der Waals surface area contributed by atoms with E-state index in [1.807, 2.05) is 19.1 Å². The maximum atomic E-state index is 13.0. The third-order valence-corrected chi connectivity index (χ3v) is 4.32. The van der Waals surface area contributed by atoms with Crippen molar-refractivity contribution >= 4 is 5.82 Å². The maximum absolute atomic E-state index is 13.0. The average molecular weight is 330 g/mol. The molecular weight excluding hydrogens is 307 g/mol. The Labute approximate surface area is 141 Å². The highest BCUT2D eigenvalue weighted by molar-refractivity contribution is 5.59. The summed E-state index contributed by atoms with van der Waals surface area (Å²) in [5.74, 6) is 0.595. The van der Waals surface area contributed by atoms with E-state index in [0.717, 1.165) is 36.7 Å². The van der Waals surface area contributed by atoms with Gasteiger partial charge in [0.1, 0.15) is 5.82 Å². The van der Waals surface area contributed by atoms with Crippen molar-refractivity contribution in [3.8, 4) is 11.3 Å². The number of hydrogen-bond donors (Lipinski definition) is 1. The van der Waals surface area contributed by atoms with Crippen molar-refractivity contribution in [1.29, 1.82) is 0 Å². The molecule has 1 aliphatic rings. The highest BCUT2D eigenvalue weighted by atomic mass is 19.1. The molecule has 0 spiro atoms. The van der Waals surface area contributed by atoms with Gasteiger partial charge in [0, 0.05) is 37.8 Å². The van der Waals surface area contributed by atoms with Gasteiger partial charge in [-0.05, 0) is 50.2 Å². The zero-order valence-corrected chi connectivity index (χ0v) is 14.1. The number of benzene rings is 1. The summed E-state index contributed by atoms with van der Waals surface area (Å²) in [4.78, 5) is 4.51. The molecule has 1 fully saturated rings. The minimum atomic E-state index is -0.307. The van der Waals surface area contributed by atoms with Gasteiger partial charge in [-0.2, -0.15) is 0 Å². The molecule has 128 valence electrons. The average Bonchev–Trinajstić information content (AvgIpc) is 2.55. The lowest BCUT2D eigenvalue weighted by Gasteiger charge is -2.40. The SMILES string of the molecule is CC(O)CN1CCN(c2ccc(-c3ccc(F)cc3)nn2)C(C)C1. The first-order valence-corrected chi connectivity index (χ1v) is 8.29. The van der Waals surface area contributed by atoms with Crippen LogP contribution in [0.3, 0.4) is 0 Å². The van der Waals surface area contributed by atoms with E-state index in [2.05, 4.69) is 26.9 Å². The highest BCUT2D eigenvalue weighted by Crippen LogP contribution is 2.21. The smallest absolute Gasteiger partial charge is 0.151 e. The van der Waals surface area contributed by atoms with Gasteiger partial charge in [-0.1, -0.05) is 0 Å². The number of β-amino-alcohol motifs (C(OH)–C–C–N with tert-alkyl or cyclic N) is 1. The Kier molecular flexibility index (Phi) is 5.06. The molecule has 1 saturated heterocycles. The Bertz CT molecular complexity index is 660. The molecule has 6 heteroatoms. The Morgan fingerprint density at radius 3 is 2.50 bits per heavy atom. The first kappa shape index (κ1) is 16.8. The monoisotopic (exact) mass is 330 g/mol. The Hall–Kier alpha value is -2.05. The summed E-state index contributed by atoms with van der Waals surface area (Å²) in [6.07, 6.45) is -0.307. The fourth-order valence-electron chi connectivity index (χ4n) is 3.17. The van der Waals surface area contributed by atoms with Crippen LogP contribution in [0.1, 0.15) is 13.8 Å². The van der Waals surface area contributed by atoms with Crippen LogP contribution < -0.4 is 4.90 Å². The number of rotatable bonds is 4. The summed E-state index contributed by atoms with van der Waals surface area (Å²) in [5.41, 5.74) is 1.59. The Morgan fingerprint density at radius 1 is 1.17 bits per heavy atom. The molecule has 2 atom stereocenters. The summed E-state index contributed by atoms with van der Waals surface area (Å²) in [6.45, 7) is 7.33. The number of halogens is 1. The van der Waals surface area contributed by atoms with Crippen molar-refractivity contribution in [2.24, 2.45) is 0 Å². The first-order valence-electron chi connectivity index (χ1n) is 8.29. The summed E-state index contributed by atoms with van der Waals surface area (Å²) < 4.78 is 13.0. The molecular formula is C18H23FN4O. The molecule has 2 unspecified atom stereocenters. The van der Waals surface area contributed by atoms with Crippen LogP contribution in [0, 0.1) is 5.82 Å². The zero-order chi connectivity index (χ0) is 17.1. The minimum absolute atomic E-state index is 0.257. The van der Waals surface area contributed by atoms with Gasteiger partial charge in [0.25, 0.3) is 0 Å². The van der Waals surface area contributed by atoms with Crippen molar-refractivity contribution in [1.82, 2.24) is 15.1 Å². The van der Waals surface area contributed by atoms with Crippen molar-refractivity contribution < 1.29 is 9.50 Å². The lowest BCUT2D eigenvalue weighted by molar-refractivity contribution is 0.114. The molecule has 2 aromatic rings.